The van der Waals surface area contributed by atoms with E-state index in [1.165, 1.54) is 0 Å². The van der Waals surface area contributed by atoms with Crippen molar-refractivity contribution in [1.29, 1.82) is 5.26 Å². The van der Waals surface area contributed by atoms with Crippen LogP contribution in [0.5, 0.6) is 5.75 Å². The third-order valence-electron chi connectivity index (χ3n) is 5.05. The monoisotopic (exact) mass is 450 g/mol. The van der Waals surface area contributed by atoms with Gasteiger partial charge >= 0.3 is 6.09 Å². The average Bonchev–Trinajstić information content (AvgIpc) is 2.76. The summed E-state index contributed by atoms with van der Waals surface area (Å²) in [5.41, 5.74) is -0.187. The summed E-state index contributed by atoms with van der Waals surface area (Å²) < 4.78 is 10.8. The van der Waals surface area contributed by atoms with Crippen molar-refractivity contribution < 1.29 is 29.3 Å². The number of carbonyl (C=O) groups excluding carboxylic acids is 1. The number of amides is 1. The third kappa shape index (κ3) is 8.56. The lowest BCUT2D eigenvalue weighted by molar-refractivity contribution is -0.771. The van der Waals surface area contributed by atoms with Crippen LogP contribution in [0.25, 0.3) is 0 Å². The number of nitriles is 1. The van der Waals surface area contributed by atoms with Crippen molar-refractivity contribution >= 4 is 6.09 Å². The molecule has 1 saturated carbocycles. The average molecular weight is 450 g/mol. The summed E-state index contributed by atoms with van der Waals surface area (Å²) in [6.45, 7) is 4.07. The normalized spacial score (nSPS) is 19.3. The van der Waals surface area contributed by atoms with Crippen LogP contribution in [-0.2, 0) is 9.57 Å². The van der Waals surface area contributed by atoms with E-state index in [-0.39, 0.29) is 19.7 Å². The second-order valence-electron chi connectivity index (χ2n) is 8.29. The van der Waals surface area contributed by atoms with Gasteiger partial charge < -0.3 is 30.1 Å². The quantitative estimate of drug-likeness (QED) is 0.338. The first-order valence-corrected chi connectivity index (χ1v) is 10.5. The first-order chi connectivity index (χ1) is 15.2. The molecule has 1 amide bonds. The molecule has 2 rings (SSSR count). The van der Waals surface area contributed by atoms with Gasteiger partial charge in [-0.3, -0.25) is 0 Å². The predicted octanol–water partition coefficient (Wildman–Crippen LogP) is 1.91. The second kappa shape index (κ2) is 12.1. The van der Waals surface area contributed by atoms with Gasteiger partial charge in [-0.2, -0.15) is 5.26 Å². The topological polar surface area (TPSA) is 156 Å². The minimum Gasteiger partial charge on any atom is -0.489 e. The predicted molar refractivity (Wildman–Crippen MR) is 113 cm³/mol. The number of carbonyl (C=O) groups is 1. The number of rotatable bonds is 11. The van der Waals surface area contributed by atoms with Gasteiger partial charge in [-0.1, -0.05) is 18.6 Å². The number of aliphatic hydroxyl groups excluding tert-OH is 1. The van der Waals surface area contributed by atoms with Crippen LogP contribution >= 0.6 is 0 Å². The van der Waals surface area contributed by atoms with Crippen LogP contribution < -0.4 is 15.4 Å². The Balaban J connectivity index is 1.72. The molecule has 0 aromatic heterocycles. The van der Waals surface area contributed by atoms with Gasteiger partial charge in [0.25, 0.3) is 5.09 Å². The van der Waals surface area contributed by atoms with Crippen molar-refractivity contribution in [3.63, 3.8) is 0 Å². The Morgan fingerprint density at radius 3 is 2.72 bits per heavy atom. The fourth-order valence-electron chi connectivity index (χ4n) is 3.29. The summed E-state index contributed by atoms with van der Waals surface area (Å²) in [6, 6.07) is 8.79. The van der Waals surface area contributed by atoms with E-state index in [0.717, 1.165) is 12.8 Å². The minimum atomic E-state index is -0.856. The first kappa shape index (κ1) is 25.2. The molecule has 3 N–H and O–H groups in total. The zero-order valence-corrected chi connectivity index (χ0v) is 18.3. The van der Waals surface area contributed by atoms with Crippen LogP contribution in [0.3, 0.4) is 0 Å². The molecule has 32 heavy (non-hydrogen) atoms. The van der Waals surface area contributed by atoms with Gasteiger partial charge in [0.2, 0.25) is 0 Å². The fourth-order valence-corrected chi connectivity index (χ4v) is 3.29. The highest BCUT2D eigenvalue weighted by Crippen LogP contribution is 2.24. The van der Waals surface area contributed by atoms with Crippen LogP contribution in [0.1, 0.15) is 45.1 Å². The van der Waals surface area contributed by atoms with Crippen molar-refractivity contribution in [2.75, 3.05) is 19.7 Å². The Kier molecular flexibility index (Phi) is 9.49. The van der Waals surface area contributed by atoms with Gasteiger partial charge in [-0.15, -0.1) is 10.1 Å². The number of ether oxygens (including phenoxy) is 2. The number of aliphatic hydroxyl groups is 1. The fraction of sp³-hybridized carbons (Fsp3) is 0.619. The molecule has 0 spiro atoms. The maximum Gasteiger partial charge on any atom is 0.407 e. The standard InChI is InChI=1S/C21H30N4O7/c1-21(2,24-12-16(26)13-30-17-8-4-3-7-15(17)11-22)14-23-20(27)31-18-9-5-6-10-19(18)32-25(28)29/h3-4,7-8,16,18-19,24,26H,5-6,9-10,12-14H2,1-2H3,(H,23,27). The van der Waals surface area contributed by atoms with Crippen LogP contribution in [-0.4, -0.2) is 59.8 Å². The molecule has 1 aromatic carbocycles. The number of hydrogen-bond donors (Lipinski definition) is 3. The summed E-state index contributed by atoms with van der Waals surface area (Å²) >= 11 is 0. The Morgan fingerprint density at radius 2 is 2.03 bits per heavy atom. The van der Waals surface area contributed by atoms with Crippen molar-refractivity contribution in [1.82, 2.24) is 10.6 Å². The first-order valence-electron chi connectivity index (χ1n) is 10.5. The highest BCUT2D eigenvalue weighted by Gasteiger charge is 2.31. The van der Waals surface area contributed by atoms with E-state index in [1.807, 2.05) is 19.9 Å². The zero-order chi connectivity index (χ0) is 23.6. The SMILES string of the molecule is CC(C)(CNC(=O)OC1CCCCC1O[N+](=O)[O-])NCC(O)COc1ccccc1C#N. The summed E-state index contributed by atoms with van der Waals surface area (Å²) in [5.74, 6) is 0.403. The number of β-amino-alcohol motifs (C(OH)–C–C–N with tert-alkyl or cyclic N) is 1. The second-order valence-corrected chi connectivity index (χ2v) is 8.29. The molecule has 0 aliphatic heterocycles. The van der Waals surface area contributed by atoms with Gasteiger partial charge in [0.05, 0.1) is 5.56 Å². The summed E-state index contributed by atoms with van der Waals surface area (Å²) in [4.78, 5) is 27.4. The van der Waals surface area contributed by atoms with Crippen LogP contribution in [0.15, 0.2) is 24.3 Å². The molecule has 0 radical (unpaired) electrons. The minimum absolute atomic E-state index is 0.00322. The highest BCUT2D eigenvalue weighted by atomic mass is 17.0. The van der Waals surface area contributed by atoms with Crippen LogP contribution in [0, 0.1) is 21.4 Å². The lowest BCUT2D eigenvalue weighted by Gasteiger charge is -2.31. The third-order valence-corrected chi connectivity index (χ3v) is 5.05. The lowest BCUT2D eigenvalue weighted by Crippen LogP contribution is -2.52. The van der Waals surface area contributed by atoms with E-state index in [0.29, 0.717) is 24.2 Å². The van der Waals surface area contributed by atoms with Gasteiger partial charge in [-0.05, 0) is 45.2 Å². The Labute approximate surface area is 186 Å². The molecule has 11 heteroatoms. The smallest absolute Gasteiger partial charge is 0.407 e. The molecule has 1 aromatic rings. The summed E-state index contributed by atoms with van der Waals surface area (Å²) in [7, 11) is 0. The molecule has 0 heterocycles. The summed E-state index contributed by atoms with van der Waals surface area (Å²) in [6.07, 6.45) is -0.375. The molecule has 0 bridgehead atoms. The molecule has 0 saturated heterocycles. The maximum atomic E-state index is 12.2. The zero-order valence-electron chi connectivity index (χ0n) is 18.3. The molecule has 1 aliphatic carbocycles. The molecule has 11 nitrogen and oxygen atoms in total. The highest BCUT2D eigenvalue weighted by molar-refractivity contribution is 5.67. The number of alkyl carbamates (subject to hydrolysis) is 1. The van der Waals surface area contributed by atoms with Crippen molar-refractivity contribution in [3.05, 3.63) is 39.9 Å². The van der Waals surface area contributed by atoms with E-state index in [4.69, 9.17) is 14.7 Å². The van der Waals surface area contributed by atoms with Crippen LogP contribution in [0.4, 0.5) is 4.79 Å². The molecule has 1 fully saturated rings. The van der Waals surface area contributed by atoms with E-state index in [2.05, 4.69) is 15.5 Å². The number of benzene rings is 1. The summed E-state index contributed by atoms with van der Waals surface area (Å²) in [5, 5.41) is 34.8. The van der Waals surface area contributed by atoms with E-state index < -0.39 is 35.0 Å². The van der Waals surface area contributed by atoms with Crippen LogP contribution in [0.2, 0.25) is 0 Å². The van der Waals surface area contributed by atoms with E-state index in [9.17, 15) is 20.0 Å². The molecule has 176 valence electrons. The van der Waals surface area contributed by atoms with Gasteiger partial charge in [0, 0.05) is 18.6 Å². The lowest BCUT2D eigenvalue weighted by atomic mass is 9.95. The van der Waals surface area contributed by atoms with Gasteiger partial charge in [0.1, 0.15) is 36.7 Å². The number of para-hydroxylation sites is 1. The Morgan fingerprint density at radius 1 is 1.34 bits per heavy atom. The van der Waals surface area contributed by atoms with Crippen molar-refractivity contribution in [3.8, 4) is 11.8 Å². The molecule has 1 aliphatic rings. The molecular formula is C21H30N4O7. The van der Waals surface area contributed by atoms with E-state index in [1.54, 1.807) is 24.3 Å². The number of nitrogens with one attached hydrogen (secondary N) is 2. The molecular weight excluding hydrogens is 420 g/mol. The van der Waals surface area contributed by atoms with Gasteiger partial charge in [-0.25, -0.2) is 4.79 Å². The molecule has 3 unspecified atom stereocenters. The van der Waals surface area contributed by atoms with Crippen molar-refractivity contribution in [2.24, 2.45) is 0 Å². The Hall–Kier alpha value is -3.10. The van der Waals surface area contributed by atoms with E-state index >= 15 is 0 Å². The molecule has 3 atom stereocenters. The number of nitrogens with zero attached hydrogens (tertiary/aromatic N) is 2. The van der Waals surface area contributed by atoms with Gasteiger partial charge in [0.15, 0.2) is 0 Å². The maximum absolute atomic E-state index is 12.2. The number of hydrogen-bond acceptors (Lipinski definition) is 9. The largest absolute Gasteiger partial charge is 0.489 e. The Bertz CT molecular complexity index is 812. The van der Waals surface area contributed by atoms with Crippen molar-refractivity contribution in [2.45, 2.75) is 63.4 Å².